The highest BCUT2D eigenvalue weighted by molar-refractivity contribution is 7.16. The first-order valence-electron chi connectivity index (χ1n) is 9.39. The average molecular weight is 387 g/mol. The number of thiazole rings is 1. The summed E-state index contributed by atoms with van der Waals surface area (Å²) in [5.74, 6) is -0.184. The van der Waals surface area contributed by atoms with E-state index in [1.54, 1.807) is 18.2 Å². The Balaban J connectivity index is 1.48. The largest absolute Gasteiger partial charge is 0.354 e. The van der Waals surface area contributed by atoms with Gasteiger partial charge in [-0.25, -0.2) is 9.37 Å². The second-order valence-electron chi connectivity index (χ2n) is 7.41. The van der Waals surface area contributed by atoms with Gasteiger partial charge in [-0.3, -0.25) is 9.59 Å². The minimum absolute atomic E-state index is 0.0842. The lowest BCUT2D eigenvalue weighted by Gasteiger charge is -2.28. The van der Waals surface area contributed by atoms with Crippen LogP contribution in [-0.4, -0.2) is 28.9 Å². The second-order valence-corrected chi connectivity index (χ2v) is 8.44. The van der Waals surface area contributed by atoms with Crippen LogP contribution >= 0.6 is 11.3 Å². The van der Waals surface area contributed by atoms with Crippen molar-refractivity contribution in [2.24, 2.45) is 5.92 Å². The number of benzene rings is 1. The average Bonchev–Trinajstić information content (AvgIpc) is 3.16. The zero-order valence-electron chi connectivity index (χ0n) is 15.0. The number of nitrogens with zero attached hydrogens (tertiary/aromatic N) is 1. The van der Waals surface area contributed by atoms with E-state index in [0.717, 1.165) is 24.2 Å². The molecular formula is C20H22FN3O2S. The highest BCUT2D eigenvalue weighted by atomic mass is 32.1. The van der Waals surface area contributed by atoms with E-state index < -0.39 is 5.54 Å². The number of aromatic nitrogens is 1. The van der Waals surface area contributed by atoms with Gasteiger partial charge in [0.2, 0.25) is 5.91 Å². The fourth-order valence-electron chi connectivity index (χ4n) is 3.53. The van der Waals surface area contributed by atoms with Crippen molar-refractivity contribution in [2.45, 2.75) is 44.1 Å². The van der Waals surface area contributed by atoms with Crippen molar-refractivity contribution in [3.8, 4) is 10.6 Å². The van der Waals surface area contributed by atoms with Gasteiger partial charge in [0.25, 0.3) is 5.91 Å². The molecule has 142 valence electrons. The molecule has 2 aromatic rings. The van der Waals surface area contributed by atoms with Crippen LogP contribution in [-0.2, 0) is 4.79 Å². The topological polar surface area (TPSA) is 71.1 Å². The minimum Gasteiger partial charge on any atom is -0.354 e. The Hall–Kier alpha value is -2.28. The molecule has 2 N–H and O–H groups in total. The summed E-state index contributed by atoms with van der Waals surface area (Å²) in [5, 5.41) is 6.42. The van der Waals surface area contributed by atoms with E-state index >= 15 is 0 Å². The molecule has 0 radical (unpaired) electrons. The molecule has 2 aliphatic carbocycles. The smallest absolute Gasteiger partial charge is 0.263 e. The van der Waals surface area contributed by atoms with Gasteiger partial charge in [-0.05, 0) is 43.7 Å². The van der Waals surface area contributed by atoms with E-state index in [-0.39, 0.29) is 17.6 Å². The number of hydrogen-bond acceptors (Lipinski definition) is 4. The summed E-state index contributed by atoms with van der Waals surface area (Å²) >= 11 is 1.14. The number of hydrogen-bond donors (Lipinski definition) is 2. The van der Waals surface area contributed by atoms with Crippen LogP contribution in [0.3, 0.4) is 0 Å². The molecule has 2 amide bonds. The molecule has 0 atom stereocenters. The molecule has 1 aromatic heterocycles. The third kappa shape index (κ3) is 3.88. The first-order valence-corrected chi connectivity index (χ1v) is 10.2. The SMILES string of the molecule is O=C(NC1(C(=O)NCC2CC2)CCCC1)c1cnc(-c2ccccc2F)s1. The molecule has 0 unspecified atom stereocenters. The zero-order chi connectivity index (χ0) is 18.9. The Bertz CT molecular complexity index is 856. The lowest BCUT2D eigenvalue weighted by atomic mass is 9.96. The van der Waals surface area contributed by atoms with Crippen LogP contribution in [0.4, 0.5) is 4.39 Å². The maximum absolute atomic E-state index is 13.9. The fraction of sp³-hybridized carbons (Fsp3) is 0.450. The predicted molar refractivity (Wildman–Crippen MR) is 102 cm³/mol. The molecule has 4 rings (SSSR count). The summed E-state index contributed by atoms with van der Waals surface area (Å²) in [7, 11) is 0. The maximum Gasteiger partial charge on any atom is 0.263 e. The minimum atomic E-state index is -0.839. The first-order chi connectivity index (χ1) is 13.1. The van der Waals surface area contributed by atoms with Gasteiger partial charge in [-0.1, -0.05) is 25.0 Å². The van der Waals surface area contributed by atoms with Crippen molar-refractivity contribution >= 4 is 23.2 Å². The molecule has 2 fully saturated rings. The maximum atomic E-state index is 13.9. The molecule has 0 bridgehead atoms. The summed E-state index contributed by atoms with van der Waals surface area (Å²) < 4.78 is 13.9. The lowest BCUT2D eigenvalue weighted by Crippen LogP contribution is -2.57. The van der Waals surface area contributed by atoms with Crippen molar-refractivity contribution in [2.75, 3.05) is 6.54 Å². The summed E-state index contributed by atoms with van der Waals surface area (Å²) in [4.78, 5) is 30.1. The van der Waals surface area contributed by atoms with E-state index in [1.807, 2.05) is 0 Å². The number of halogens is 1. The van der Waals surface area contributed by atoms with Crippen LogP contribution in [0, 0.1) is 11.7 Å². The Morgan fingerprint density at radius 2 is 1.96 bits per heavy atom. The third-order valence-electron chi connectivity index (χ3n) is 5.33. The van der Waals surface area contributed by atoms with Crippen LogP contribution in [0.15, 0.2) is 30.5 Å². The summed E-state index contributed by atoms with van der Waals surface area (Å²) in [6.45, 7) is 0.689. The molecule has 2 aliphatic rings. The van der Waals surface area contributed by atoms with Crippen LogP contribution < -0.4 is 10.6 Å². The molecule has 2 saturated carbocycles. The van der Waals surface area contributed by atoms with Gasteiger partial charge < -0.3 is 10.6 Å². The molecule has 1 aromatic carbocycles. The molecule has 0 spiro atoms. The Labute approximate surface area is 161 Å². The first kappa shape index (κ1) is 18.1. The Morgan fingerprint density at radius 3 is 2.67 bits per heavy atom. The molecular weight excluding hydrogens is 365 g/mol. The summed E-state index contributed by atoms with van der Waals surface area (Å²) in [6, 6.07) is 6.36. The monoisotopic (exact) mass is 387 g/mol. The predicted octanol–water partition coefficient (Wildman–Crippen LogP) is 3.52. The van der Waals surface area contributed by atoms with Gasteiger partial charge in [0.15, 0.2) is 0 Å². The Kier molecular flexibility index (Phi) is 4.95. The van der Waals surface area contributed by atoms with Crippen LogP contribution in [0.1, 0.15) is 48.2 Å². The normalized spacial score (nSPS) is 18.3. The van der Waals surface area contributed by atoms with Gasteiger partial charge in [0.1, 0.15) is 21.2 Å². The van der Waals surface area contributed by atoms with Gasteiger partial charge in [-0.15, -0.1) is 11.3 Å². The van der Waals surface area contributed by atoms with E-state index in [1.165, 1.54) is 25.1 Å². The molecule has 1 heterocycles. The van der Waals surface area contributed by atoms with Gasteiger partial charge >= 0.3 is 0 Å². The standard InChI is InChI=1S/C20H22FN3O2S/c21-15-6-2-1-5-14(15)18-22-12-16(27-18)17(25)24-20(9-3-4-10-20)19(26)23-11-13-7-8-13/h1-2,5-6,12-13H,3-4,7-11H2,(H,23,26)(H,24,25). The third-order valence-corrected chi connectivity index (χ3v) is 6.36. The number of rotatable bonds is 6. The molecule has 5 nitrogen and oxygen atoms in total. The molecule has 0 saturated heterocycles. The highest BCUT2D eigenvalue weighted by Gasteiger charge is 2.43. The van der Waals surface area contributed by atoms with Crippen molar-refractivity contribution < 1.29 is 14.0 Å². The Morgan fingerprint density at radius 1 is 1.22 bits per heavy atom. The molecule has 7 heteroatoms. The molecule has 27 heavy (non-hydrogen) atoms. The van der Waals surface area contributed by atoms with E-state index in [4.69, 9.17) is 0 Å². The summed E-state index contributed by atoms with van der Waals surface area (Å²) in [6.07, 6.45) is 6.91. The number of amides is 2. The van der Waals surface area contributed by atoms with Gasteiger partial charge in [0.05, 0.1) is 6.20 Å². The van der Waals surface area contributed by atoms with E-state index in [0.29, 0.717) is 40.8 Å². The fourth-order valence-corrected chi connectivity index (χ4v) is 4.37. The van der Waals surface area contributed by atoms with Crippen LogP contribution in [0.25, 0.3) is 10.6 Å². The number of carbonyl (C=O) groups excluding carboxylic acids is 2. The van der Waals surface area contributed by atoms with E-state index in [2.05, 4.69) is 15.6 Å². The van der Waals surface area contributed by atoms with Crippen LogP contribution in [0.5, 0.6) is 0 Å². The quantitative estimate of drug-likeness (QED) is 0.797. The van der Waals surface area contributed by atoms with Crippen molar-refractivity contribution in [3.63, 3.8) is 0 Å². The second kappa shape index (κ2) is 7.38. The van der Waals surface area contributed by atoms with Crippen molar-refractivity contribution in [1.82, 2.24) is 15.6 Å². The van der Waals surface area contributed by atoms with Crippen LogP contribution in [0.2, 0.25) is 0 Å². The van der Waals surface area contributed by atoms with Gasteiger partial charge in [0, 0.05) is 12.1 Å². The lowest BCUT2D eigenvalue weighted by molar-refractivity contribution is -0.127. The zero-order valence-corrected chi connectivity index (χ0v) is 15.8. The number of nitrogens with one attached hydrogen (secondary N) is 2. The van der Waals surface area contributed by atoms with Gasteiger partial charge in [-0.2, -0.15) is 0 Å². The summed E-state index contributed by atoms with van der Waals surface area (Å²) in [5.41, 5.74) is -0.465. The van der Waals surface area contributed by atoms with Crippen molar-refractivity contribution in [1.29, 1.82) is 0 Å². The van der Waals surface area contributed by atoms with Crippen molar-refractivity contribution in [3.05, 3.63) is 41.2 Å². The van der Waals surface area contributed by atoms with E-state index in [9.17, 15) is 14.0 Å². The molecule has 0 aliphatic heterocycles. The number of carbonyl (C=O) groups is 2. The highest BCUT2D eigenvalue weighted by Crippen LogP contribution is 2.33.